The second-order valence-electron chi connectivity index (χ2n) is 4.96. The molecule has 0 radical (unpaired) electrons. The molecule has 0 aromatic rings. The third-order valence-corrected chi connectivity index (χ3v) is 8.85. The van der Waals surface area contributed by atoms with Crippen molar-refractivity contribution in [3.05, 3.63) is 12.3 Å². The third kappa shape index (κ3) is 7.53. The van der Waals surface area contributed by atoms with Crippen LogP contribution in [-0.4, -0.2) is 20.8 Å². The smallest absolute Gasteiger partial charge is 0.0768 e. The van der Waals surface area contributed by atoms with Crippen molar-refractivity contribution in [1.82, 2.24) is 0 Å². The van der Waals surface area contributed by atoms with Crippen LogP contribution < -0.4 is 0 Å². The maximum atomic E-state index is 4.51. The van der Waals surface area contributed by atoms with Gasteiger partial charge in [-0.25, -0.2) is 0 Å². The van der Waals surface area contributed by atoms with E-state index in [4.69, 9.17) is 0 Å². The lowest BCUT2D eigenvalue weighted by atomic mass is 10.2. The highest BCUT2D eigenvalue weighted by Crippen LogP contribution is 2.22. The molecule has 0 aromatic carbocycles. The molecular weight excluding hydrogens is 222 g/mol. The highest BCUT2D eigenvalue weighted by atomic mass is 28.3. The zero-order chi connectivity index (χ0) is 13.0. The Hall–Kier alpha value is -0.373. The van der Waals surface area contributed by atoms with Crippen molar-refractivity contribution in [2.75, 3.05) is 6.54 Å². The Labute approximate surface area is 109 Å². The van der Waals surface area contributed by atoms with Gasteiger partial charge in [0.2, 0.25) is 0 Å². The number of rotatable bonds is 11. The molecule has 0 atom stereocenters. The zero-order valence-corrected chi connectivity index (χ0v) is 13.2. The van der Waals surface area contributed by atoms with E-state index < -0.39 is 8.07 Å². The Morgan fingerprint density at radius 3 is 2.29 bits per heavy atom. The Bertz CT molecular complexity index is 207. The van der Waals surface area contributed by atoms with Crippen LogP contribution in [0.3, 0.4) is 0 Å². The molecule has 0 aliphatic carbocycles. The standard InChI is InChI=1S/C15H31NSi/c1-5-9-10-11-13-16-14-12-15-17(6-2,7-3)8-4/h6,14H,2,5,7-13,15H2,1,3-4H3. The second-order valence-corrected chi connectivity index (χ2v) is 10.0. The van der Waals surface area contributed by atoms with Crippen LogP contribution in [0.15, 0.2) is 17.3 Å². The van der Waals surface area contributed by atoms with E-state index >= 15 is 0 Å². The Morgan fingerprint density at radius 2 is 1.76 bits per heavy atom. The normalized spacial score (nSPS) is 12.2. The van der Waals surface area contributed by atoms with Crippen LogP contribution in [0.1, 0.15) is 52.9 Å². The molecule has 100 valence electrons. The summed E-state index contributed by atoms with van der Waals surface area (Å²) in [6.45, 7) is 12.0. The Morgan fingerprint density at radius 1 is 1.06 bits per heavy atom. The topological polar surface area (TPSA) is 12.4 Å². The summed E-state index contributed by atoms with van der Waals surface area (Å²) >= 11 is 0. The molecule has 17 heavy (non-hydrogen) atoms. The molecule has 0 aliphatic heterocycles. The van der Waals surface area contributed by atoms with Crippen molar-refractivity contribution in [1.29, 1.82) is 0 Å². The van der Waals surface area contributed by atoms with E-state index in [2.05, 4.69) is 44.3 Å². The van der Waals surface area contributed by atoms with Gasteiger partial charge in [-0.2, -0.15) is 0 Å². The van der Waals surface area contributed by atoms with Gasteiger partial charge in [-0.1, -0.05) is 52.1 Å². The molecule has 0 spiro atoms. The SMILES string of the molecule is C=C[Si](CC)(CC)CCC=NCCCCCC. The number of hydrogen-bond acceptors (Lipinski definition) is 1. The van der Waals surface area contributed by atoms with Crippen LogP contribution >= 0.6 is 0 Å². The summed E-state index contributed by atoms with van der Waals surface area (Å²) in [6, 6.07) is 4.00. The van der Waals surface area contributed by atoms with Gasteiger partial charge in [-0.15, -0.1) is 12.3 Å². The minimum Gasteiger partial charge on any atom is -0.298 e. The number of unbranched alkanes of at least 4 members (excludes halogenated alkanes) is 3. The highest BCUT2D eigenvalue weighted by molar-refractivity contribution is 6.84. The van der Waals surface area contributed by atoms with E-state index in [9.17, 15) is 0 Å². The van der Waals surface area contributed by atoms with Gasteiger partial charge < -0.3 is 0 Å². The summed E-state index contributed by atoms with van der Waals surface area (Å²) in [6.07, 6.45) is 8.58. The Kier molecular flexibility index (Phi) is 10.5. The molecule has 0 aromatic heterocycles. The molecule has 0 bridgehead atoms. The van der Waals surface area contributed by atoms with E-state index in [1.165, 1.54) is 43.8 Å². The first kappa shape index (κ1) is 16.6. The molecule has 0 fully saturated rings. The fourth-order valence-corrected chi connectivity index (χ4v) is 4.85. The minimum absolute atomic E-state index is 1.03. The van der Waals surface area contributed by atoms with Gasteiger partial charge in [-0.3, -0.25) is 4.99 Å². The van der Waals surface area contributed by atoms with E-state index in [1.54, 1.807) is 0 Å². The highest BCUT2D eigenvalue weighted by Gasteiger charge is 2.23. The van der Waals surface area contributed by atoms with Gasteiger partial charge in [0.25, 0.3) is 0 Å². The van der Waals surface area contributed by atoms with Crippen LogP contribution in [0.25, 0.3) is 0 Å². The molecule has 0 saturated carbocycles. The maximum Gasteiger partial charge on any atom is 0.0768 e. The average Bonchev–Trinajstić information content (AvgIpc) is 2.38. The zero-order valence-electron chi connectivity index (χ0n) is 12.2. The second kappa shape index (κ2) is 10.8. The largest absolute Gasteiger partial charge is 0.298 e. The first-order valence-electron chi connectivity index (χ1n) is 7.36. The molecule has 0 amide bonds. The number of nitrogens with zero attached hydrogens (tertiary/aromatic N) is 1. The van der Waals surface area contributed by atoms with Crippen LogP contribution in [0.4, 0.5) is 0 Å². The van der Waals surface area contributed by atoms with Crippen LogP contribution in [0.5, 0.6) is 0 Å². The van der Waals surface area contributed by atoms with Crippen LogP contribution in [-0.2, 0) is 0 Å². The lowest BCUT2D eigenvalue weighted by Gasteiger charge is -2.24. The third-order valence-electron chi connectivity index (χ3n) is 3.88. The maximum absolute atomic E-state index is 4.51. The number of hydrogen-bond donors (Lipinski definition) is 0. The molecule has 1 nitrogen and oxygen atoms in total. The molecular formula is C15H31NSi. The first-order chi connectivity index (χ1) is 8.24. The molecule has 0 heterocycles. The minimum atomic E-state index is -1.13. The summed E-state index contributed by atoms with van der Waals surface area (Å²) in [5.41, 5.74) is 2.28. The van der Waals surface area contributed by atoms with E-state index in [1.807, 2.05) is 0 Å². The van der Waals surface area contributed by atoms with Gasteiger partial charge in [0.15, 0.2) is 0 Å². The predicted octanol–water partition coefficient (Wildman–Crippen LogP) is 5.24. The molecule has 0 aliphatic rings. The van der Waals surface area contributed by atoms with Gasteiger partial charge in [0, 0.05) is 6.54 Å². The summed E-state index contributed by atoms with van der Waals surface area (Å²) in [4.78, 5) is 4.51. The summed E-state index contributed by atoms with van der Waals surface area (Å²) < 4.78 is 0. The van der Waals surface area contributed by atoms with Crippen molar-refractivity contribution >= 4 is 14.3 Å². The van der Waals surface area contributed by atoms with Crippen molar-refractivity contribution in [2.45, 2.75) is 71.0 Å². The lowest BCUT2D eigenvalue weighted by molar-refractivity contribution is 0.675. The molecule has 0 saturated heterocycles. The summed E-state index contributed by atoms with van der Waals surface area (Å²) in [5, 5.41) is 0. The lowest BCUT2D eigenvalue weighted by Crippen LogP contribution is -2.29. The molecule has 0 rings (SSSR count). The van der Waals surface area contributed by atoms with E-state index in [0.717, 1.165) is 13.0 Å². The summed E-state index contributed by atoms with van der Waals surface area (Å²) in [7, 11) is -1.13. The van der Waals surface area contributed by atoms with Gasteiger partial charge >= 0.3 is 0 Å². The van der Waals surface area contributed by atoms with E-state index in [-0.39, 0.29) is 0 Å². The number of aliphatic imine (C=N–C) groups is 1. The molecule has 2 heteroatoms. The fraction of sp³-hybridized carbons (Fsp3) is 0.800. The van der Waals surface area contributed by atoms with Gasteiger partial charge in [0.1, 0.15) is 0 Å². The van der Waals surface area contributed by atoms with E-state index in [0.29, 0.717) is 0 Å². The summed E-state index contributed by atoms with van der Waals surface area (Å²) in [5.74, 6) is 0. The van der Waals surface area contributed by atoms with Crippen molar-refractivity contribution in [3.63, 3.8) is 0 Å². The van der Waals surface area contributed by atoms with Gasteiger partial charge in [0.05, 0.1) is 8.07 Å². The quantitative estimate of drug-likeness (QED) is 0.271. The predicted molar refractivity (Wildman–Crippen MR) is 83.8 cm³/mol. The Balaban J connectivity index is 3.66. The monoisotopic (exact) mass is 253 g/mol. The van der Waals surface area contributed by atoms with Crippen molar-refractivity contribution < 1.29 is 0 Å². The molecule has 0 N–H and O–H groups in total. The fourth-order valence-electron chi connectivity index (χ4n) is 2.16. The van der Waals surface area contributed by atoms with Gasteiger partial charge in [-0.05, 0) is 25.1 Å². The van der Waals surface area contributed by atoms with Crippen LogP contribution in [0.2, 0.25) is 18.1 Å². The van der Waals surface area contributed by atoms with Crippen molar-refractivity contribution in [3.8, 4) is 0 Å². The first-order valence-corrected chi connectivity index (χ1v) is 10.1. The average molecular weight is 254 g/mol. The van der Waals surface area contributed by atoms with Crippen LogP contribution in [0, 0.1) is 0 Å². The van der Waals surface area contributed by atoms with Crippen molar-refractivity contribution in [2.24, 2.45) is 4.99 Å². The molecule has 0 unspecified atom stereocenters.